The molecule has 0 radical (unpaired) electrons. The molecule has 2 rings (SSSR count). The van der Waals surface area contributed by atoms with Crippen molar-refractivity contribution in [2.45, 2.75) is 34.1 Å². The molecule has 0 spiro atoms. The van der Waals surface area contributed by atoms with Gasteiger partial charge in [0.15, 0.2) is 0 Å². The van der Waals surface area contributed by atoms with E-state index in [1.807, 2.05) is 13.8 Å². The van der Waals surface area contributed by atoms with Crippen LogP contribution < -0.4 is 0 Å². The van der Waals surface area contributed by atoms with Crippen LogP contribution in [-0.4, -0.2) is 21.0 Å². The lowest BCUT2D eigenvalue weighted by atomic mass is 9.91. The summed E-state index contributed by atoms with van der Waals surface area (Å²) in [5.74, 6) is -0.897. The maximum atomic E-state index is 11.0. The van der Waals surface area contributed by atoms with Crippen LogP contribution in [0, 0.1) is 27.7 Å². The molecule has 1 aromatic heterocycles. The van der Waals surface area contributed by atoms with Gasteiger partial charge in [-0.25, -0.2) is 0 Å². The predicted molar refractivity (Wildman–Crippen MR) is 77.8 cm³/mol. The first-order valence-corrected chi connectivity index (χ1v) is 6.51. The molecular weight excluding hydrogens is 252 g/mol. The van der Waals surface area contributed by atoms with E-state index in [1.165, 1.54) is 17.3 Å². The number of rotatable bonds is 3. The Morgan fingerprint density at radius 3 is 2.15 bits per heavy atom. The zero-order valence-electron chi connectivity index (χ0n) is 12.2. The molecule has 2 aromatic rings. The van der Waals surface area contributed by atoms with Crippen molar-refractivity contribution in [3.63, 3.8) is 0 Å². The van der Waals surface area contributed by atoms with Crippen molar-refractivity contribution < 1.29 is 9.90 Å². The van der Waals surface area contributed by atoms with Crippen LogP contribution in [0.1, 0.15) is 27.9 Å². The van der Waals surface area contributed by atoms with Crippen LogP contribution in [0.3, 0.4) is 0 Å². The molecule has 0 amide bonds. The van der Waals surface area contributed by atoms with E-state index in [4.69, 9.17) is 5.11 Å². The normalized spacial score (nSPS) is 10.6. The van der Waals surface area contributed by atoms with Crippen LogP contribution in [0.4, 0.5) is 0 Å². The minimum atomic E-state index is -0.897. The second-order valence-electron chi connectivity index (χ2n) is 5.06. The summed E-state index contributed by atoms with van der Waals surface area (Å²) in [7, 11) is 0. The molecule has 4 heteroatoms. The Labute approximate surface area is 118 Å². The van der Waals surface area contributed by atoms with Gasteiger partial charge >= 0.3 is 5.97 Å². The minimum Gasteiger partial charge on any atom is -0.481 e. The maximum Gasteiger partial charge on any atom is 0.309 e. The summed E-state index contributed by atoms with van der Waals surface area (Å²) in [4.78, 5) is 19.6. The Kier molecular flexibility index (Phi) is 3.84. The summed E-state index contributed by atoms with van der Waals surface area (Å²) < 4.78 is 0. The average molecular weight is 270 g/mol. The van der Waals surface area contributed by atoms with Gasteiger partial charge in [0, 0.05) is 18.0 Å². The lowest BCUT2D eigenvalue weighted by Crippen LogP contribution is -2.07. The van der Waals surface area contributed by atoms with Gasteiger partial charge in [0.2, 0.25) is 0 Å². The maximum absolute atomic E-state index is 11.0. The van der Waals surface area contributed by atoms with Crippen LogP contribution >= 0.6 is 0 Å². The van der Waals surface area contributed by atoms with Crippen molar-refractivity contribution in [3.8, 4) is 11.3 Å². The number of carbonyl (C=O) groups is 1. The number of nitrogens with zero attached hydrogens (tertiary/aromatic N) is 2. The minimum absolute atomic E-state index is 0.116. The highest BCUT2D eigenvalue weighted by Gasteiger charge is 2.17. The first-order valence-electron chi connectivity index (χ1n) is 6.51. The van der Waals surface area contributed by atoms with Crippen molar-refractivity contribution in [1.82, 2.24) is 9.97 Å². The molecule has 0 aliphatic carbocycles. The smallest absolute Gasteiger partial charge is 0.309 e. The molecule has 104 valence electrons. The second kappa shape index (κ2) is 5.41. The number of hydrogen-bond acceptors (Lipinski definition) is 3. The van der Waals surface area contributed by atoms with E-state index in [0.29, 0.717) is 11.4 Å². The van der Waals surface area contributed by atoms with Gasteiger partial charge in [0.05, 0.1) is 17.8 Å². The molecule has 4 nitrogen and oxygen atoms in total. The largest absolute Gasteiger partial charge is 0.481 e. The summed E-state index contributed by atoms with van der Waals surface area (Å²) in [6.45, 7) is 8.18. The van der Waals surface area contributed by atoms with E-state index in [9.17, 15) is 4.79 Å². The standard InChI is InChI=1S/C16H18N2O2/c1-9-7-10(2)12(4)15(11(9)3)16-13(8-14(19)20)17-5-6-18-16/h5-7H,8H2,1-4H3,(H,19,20). The van der Waals surface area contributed by atoms with Crippen LogP contribution in [0.5, 0.6) is 0 Å². The van der Waals surface area contributed by atoms with E-state index >= 15 is 0 Å². The third kappa shape index (κ3) is 2.54. The lowest BCUT2D eigenvalue weighted by molar-refractivity contribution is -0.136. The molecule has 0 saturated carbocycles. The number of aliphatic carboxylic acids is 1. The molecule has 0 atom stereocenters. The molecule has 0 unspecified atom stereocenters. The fourth-order valence-corrected chi connectivity index (χ4v) is 2.42. The highest BCUT2D eigenvalue weighted by molar-refractivity contribution is 5.77. The zero-order valence-corrected chi connectivity index (χ0v) is 12.2. The van der Waals surface area contributed by atoms with Crippen molar-refractivity contribution in [3.05, 3.63) is 46.4 Å². The number of aryl methyl sites for hydroxylation is 2. The van der Waals surface area contributed by atoms with Gasteiger partial charge in [0.25, 0.3) is 0 Å². The molecule has 0 fully saturated rings. The monoisotopic (exact) mass is 270 g/mol. The molecule has 1 N–H and O–H groups in total. The van der Waals surface area contributed by atoms with Crippen molar-refractivity contribution in [2.75, 3.05) is 0 Å². The van der Waals surface area contributed by atoms with E-state index in [1.54, 1.807) is 6.20 Å². The third-order valence-electron chi connectivity index (χ3n) is 3.70. The summed E-state index contributed by atoms with van der Waals surface area (Å²) >= 11 is 0. The van der Waals surface area contributed by atoms with Crippen molar-refractivity contribution >= 4 is 5.97 Å². The van der Waals surface area contributed by atoms with E-state index in [0.717, 1.165) is 16.7 Å². The van der Waals surface area contributed by atoms with Gasteiger partial charge in [-0.3, -0.25) is 14.8 Å². The van der Waals surface area contributed by atoms with Gasteiger partial charge in [0.1, 0.15) is 0 Å². The molecule has 1 aromatic carbocycles. The topological polar surface area (TPSA) is 63.1 Å². The average Bonchev–Trinajstić information content (AvgIpc) is 2.38. The number of benzene rings is 1. The van der Waals surface area contributed by atoms with Gasteiger partial charge in [-0.15, -0.1) is 0 Å². The van der Waals surface area contributed by atoms with Crippen molar-refractivity contribution in [1.29, 1.82) is 0 Å². The van der Waals surface area contributed by atoms with Crippen LogP contribution in [0.2, 0.25) is 0 Å². The highest BCUT2D eigenvalue weighted by Crippen LogP contribution is 2.31. The lowest BCUT2D eigenvalue weighted by Gasteiger charge is -2.16. The van der Waals surface area contributed by atoms with E-state index in [-0.39, 0.29) is 6.42 Å². The third-order valence-corrected chi connectivity index (χ3v) is 3.70. The predicted octanol–water partition coefficient (Wildman–Crippen LogP) is 3.00. The van der Waals surface area contributed by atoms with Gasteiger partial charge in [-0.2, -0.15) is 0 Å². The van der Waals surface area contributed by atoms with Crippen LogP contribution in [0.25, 0.3) is 11.3 Å². The van der Waals surface area contributed by atoms with Crippen molar-refractivity contribution in [2.24, 2.45) is 0 Å². The Balaban J connectivity index is 2.72. The summed E-state index contributed by atoms with van der Waals surface area (Å²) in [6, 6.07) is 2.14. The fourth-order valence-electron chi connectivity index (χ4n) is 2.42. The molecule has 20 heavy (non-hydrogen) atoms. The van der Waals surface area contributed by atoms with E-state index in [2.05, 4.69) is 29.9 Å². The quantitative estimate of drug-likeness (QED) is 0.931. The SMILES string of the molecule is Cc1cc(C)c(C)c(-c2nccnc2CC(=O)O)c1C. The van der Waals surface area contributed by atoms with Gasteiger partial charge in [-0.05, 0) is 49.9 Å². The number of carboxylic acid groups (broad SMARTS) is 1. The molecule has 0 saturated heterocycles. The molecule has 0 aliphatic rings. The summed E-state index contributed by atoms with van der Waals surface area (Å²) in [5.41, 5.74) is 6.80. The first kappa shape index (κ1) is 14.2. The van der Waals surface area contributed by atoms with Crippen LogP contribution in [-0.2, 0) is 11.2 Å². The summed E-state index contributed by atoms with van der Waals surface area (Å²) in [5, 5.41) is 9.02. The van der Waals surface area contributed by atoms with Gasteiger partial charge < -0.3 is 5.11 Å². The Bertz CT molecular complexity index is 652. The number of aromatic nitrogens is 2. The van der Waals surface area contributed by atoms with Gasteiger partial charge in [-0.1, -0.05) is 6.07 Å². The molecule has 0 bridgehead atoms. The number of hydrogen-bond donors (Lipinski definition) is 1. The van der Waals surface area contributed by atoms with Crippen LogP contribution in [0.15, 0.2) is 18.5 Å². The molecule has 1 heterocycles. The molecular formula is C16H18N2O2. The Morgan fingerprint density at radius 2 is 1.60 bits per heavy atom. The summed E-state index contributed by atoms with van der Waals surface area (Å²) in [6.07, 6.45) is 3.03. The Hall–Kier alpha value is -2.23. The first-order chi connectivity index (χ1) is 9.41. The highest BCUT2D eigenvalue weighted by atomic mass is 16.4. The fraction of sp³-hybridized carbons (Fsp3) is 0.312. The Morgan fingerprint density at radius 1 is 1.05 bits per heavy atom. The number of carboxylic acids is 1. The second-order valence-corrected chi connectivity index (χ2v) is 5.06. The van der Waals surface area contributed by atoms with E-state index < -0.39 is 5.97 Å². The zero-order chi connectivity index (χ0) is 14.9. The molecule has 0 aliphatic heterocycles.